The van der Waals surface area contributed by atoms with Gasteiger partial charge in [-0.15, -0.1) is 0 Å². The number of para-hydroxylation sites is 1. The molecular weight excluding hydrogens is 499 g/mol. The maximum atomic E-state index is 13.0. The predicted octanol–water partition coefficient (Wildman–Crippen LogP) is 3.85. The second kappa shape index (κ2) is 16.5. The topological polar surface area (TPSA) is 102 Å². The Balaban J connectivity index is 1.59. The molecule has 9 nitrogen and oxygen atoms in total. The lowest BCUT2D eigenvalue weighted by Gasteiger charge is -2.13. The zero-order valence-electron chi connectivity index (χ0n) is 20.4. The number of hydrogen-bond donors (Lipinski definition) is 1. The molecule has 0 atom stereocenters. The minimum atomic E-state index is -4.47. The minimum absolute atomic E-state index is 0.00852. The van der Waals surface area contributed by atoms with Gasteiger partial charge < -0.3 is 33.7 Å². The van der Waals surface area contributed by atoms with Crippen molar-refractivity contribution in [3.8, 4) is 0 Å². The van der Waals surface area contributed by atoms with Gasteiger partial charge in [-0.25, -0.2) is 9.59 Å². The summed E-state index contributed by atoms with van der Waals surface area (Å²) in [7, 11) is 1.28. The molecule has 0 aliphatic heterocycles. The first-order chi connectivity index (χ1) is 17.8. The van der Waals surface area contributed by atoms with Crippen molar-refractivity contribution in [3.63, 3.8) is 0 Å². The van der Waals surface area contributed by atoms with Gasteiger partial charge in [0.2, 0.25) is 0 Å². The van der Waals surface area contributed by atoms with Gasteiger partial charge in [-0.1, -0.05) is 18.2 Å². The Morgan fingerprint density at radius 3 is 2.00 bits per heavy atom. The number of halogens is 3. The van der Waals surface area contributed by atoms with Gasteiger partial charge in [0.1, 0.15) is 13.2 Å². The molecule has 12 heteroatoms. The summed E-state index contributed by atoms with van der Waals surface area (Å²) in [4.78, 5) is 23.3. The quantitative estimate of drug-likeness (QED) is 0.242. The molecule has 0 heterocycles. The molecule has 0 aliphatic rings. The van der Waals surface area contributed by atoms with E-state index < -0.39 is 23.7 Å². The van der Waals surface area contributed by atoms with Crippen molar-refractivity contribution in [1.29, 1.82) is 0 Å². The summed E-state index contributed by atoms with van der Waals surface area (Å²) in [6.45, 7) is 1.92. The molecule has 0 spiro atoms. The molecular formula is C25H30F3NO8. The van der Waals surface area contributed by atoms with Gasteiger partial charge >= 0.3 is 18.1 Å². The van der Waals surface area contributed by atoms with Gasteiger partial charge in [0.15, 0.2) is 0 Å². The maximum Gasteiger partial charge on any atom is 0.416 e. The molecule has 2 rings (SSSR count). The van der Waals surface area contributed by atoms with Crippen LogP contribution < -0.4 is 5.32 Å². The number of hydrogen-bond acceptors (Lipinski definition) is 9. The summed E-state index contributed by atoms with van der Waals surface area (Å²) in [5.41, 5.74) is -0.110. The molecule has 1 N–H and O–H groups in total. The van der Waals surface area contributed by atoms with Gasteiger partial charge in [-0.05, 0) is 30.3 Å². The molecule has 0 aromatic heterocycles. The van der Waals surface area contributed by atoms with E-state index in [1.165, 1.54) is 25.3 Å². The molecule has 37 heavy (non-hydrogen) atoms. The normalized spacial score (nSPS) is 11.2. The van der Waals surface area contributed by atoms with Crippen LogP contribution in [0.25, 0.3) is 0 Å². The number of anilines is 2. The van der Waals surface area contributed by atoms with E-state index in [1.807, 2.05) is 0 Å². The summed E-state index contributed by atoms with van der Waals surface area (Å²) >= 11 is 0. The van der Waals surface area contributed by atoms with Crippen LogP contribution in [0.5, 0.6) is 0 Å². The highest BCUT2D eigenvalue weighted by Crippen LogP contribution is 2.32. The number of carbonyl (C=O) groups is 2. The molecule has 0 radical (unpaired) electrons. The number of ether oxygens (including phenoxy) is 6. The molecule has 2 aromatic carbocycles. The number of benzene rings is 2. The van der Waals surface area contributed by atoms with Crippen LogP contribution in [0.2, 0.25) is 0 Å². The Labute approximate surface area is 212 Å². The molecule has 0 bridgehead atoms. The Morgan fingerprint density at radius 2 is 1.38 bits per heavy atom. The Kier molecular flexibility index (Phi) is 13.4. The summed E-state index contributed by atoms with van der Waals surface area (Å²) in [6, 6.07) is 11.1. The highest BCUT2D eigenvalue weighted by atomic mass is 19.4. The van der Waals surface area contributed by atoms with Crippen molar-refractivity contribution < 1.29 is 51.2 Å². The third-order valence-electron chi connectivity index (χ3n) is 4.64. The fraction of sp³-hybridized carbons (Fsp3) is 0.440. The van der Waals surface area contributed by atoms with Crippen LogP contribution in [0.3, 0.4) is 0 Å². The summed E-state index contributed by atoms with van der Waals surface area (Å²) in [6.07, 6.45) is -4.47. The average Bonchev–Trinajstić information content (AvgIpc) is 2.88. The zero-order chi connectivity index (χ0) is 26.9. The van der Waals surface area contributed by atoms with Crippen molar-refractivity contribution >= 4 is 23.3 Å². The van der Waals surface area contributed by atoms with Crippen molar-refractivity contribution in [3.05, 3.63) is 59.7 Å². The van der Waals surface area contributed by atoms with Crippen LogP contribution in [0.4, 0.5) is 24.5 Å². The Bertz CT molecular complexity index is 971. The first-order valence-corrected chi connectivity index (χ1v) is 11.4. The van der Waals surface area contributed by atoms with Crippen LogP contribution in [0, 0.1) is 0 Å². The Hall–Kier alpha value is -3.19. The number of esters is 2. The van der Waals surface area contributed by atoms with Crippen LogP contribution in [0.15, 0.2) is 48.5 Å². The predicted molar refractivity (Wildman–Crippen MR) is 127 cm³/mol. The summed E-state index contributed by atoms with van der Waals surface area (Å²) in [5.74, 6) is -1.09. The molecule has 204 valence electrons. The van der Waals surface area contributed by atoms with Crippen molar-refractivity contribution in [2.24, 2.45) is 0 Å². The smallest absolute Gasteiger partial charge is 0.416 e. The standard InChI is InChI=1S/C25H30F3NO8/c1-32-23(30)18-36-14-13-34-10-9-33-11-12-35-15-16-37-24(31)21-7-2-3-8-22(21)29-20-6-4-5-19(17-20)25(26,27)28/h2-8,17,29H,9-16,18H2,1H3. The average molecular weight is 530 g/mol. The van der Waals surface area contributed by atoms with E-state index in [4.69, 9.17) is 23.7 Å². The fourth-order valence-corrected chi connectivity index (χ4v) is 2.84. The molecule has 0 unspecified atom stereocenters. The Morgan fingerprint density at radius 1 is 0.784 bits per heavy atom. The van der Waals surface area contributed by atoms with E-state index >= 15 is 0 Å². The van der Waals surface area contributed by atoms with E-state index in [2.05, 4.69) is 10.1 Å². The van der Waals surface area contributed by atoms with Gasteiger partial charge in [0.05, 0.1) is 70.2 Å². The second-order valence-corrected chi connectivity index (χ2v) is 7.35. The van der Waals surface area contributed by atoms with E-state index in [-0.39, 0.29) is 44.3 Å². The van der Waals surface area contributed by atoms with Crippen molar-refractivity contribution in [2.45, 2.75) is 6.18 Å². The van der Waals surface area contributed by atoms with Gasteiger partial charge in [0.25, 0.3) is 0 Å². The number of carbonyl (C=O) groups excluding carboxylic acids is 2. The number of methoxy groups -OCH3 is 1. The van der Waals surface area contributed by atoms with Gasteiger partial charge in [-0.2, -0.15) is 13.2 Å². The first-order valence-electron chi connectivity index (χ1n) is 11.4. The third-order valence-corrected chi connectivity index (χ3v) is 4.64. The van der Waals surface area contributed by atoms with Gasteiger partial charge in [0, 0.05) is 5.69 Å². The molecule has 0 saturated heterocycles. The maximum absolute atomic E-state index is 13.0. The fourth-order valence-electron chi connectivity index (χ4n) is 2.84. The zero-order valence-corrected chi connectivity index (χ0v) is 20.4. The molecule has 0 amide bonds. The largest absolute Gasteiger partial charge is 0.467 e. The minimum Gasteiger partial charge on any atom is -0.467 e. The van der Waals surface area contributed by atoms with E-state index in [1.54, 1.807) is 18.2 Å². The lowest BCUT2D eigenvalue weighted by atomic mass is 10.1. The first kappa shape index (κ1) is 30.0. The highest BCUT2D eigenvalue weighted by Gasteiger charge is 2.30. The van der Waals surface area contributed by atoms with E-state index in [9.17, 15) is 22.8 Å². The molecule has 2 aromatic rings. The summed E-state index contributed by atoms with van der Waals surface area (Å²) in [5, 5.41) is 2.84. The van der Waals surface area contributed by atoms with Crippen LogP contribution >= 0.6 is 0 Å². The molecule has 0 saturated carbocycles. The summed E-state index contributed by atoms with van der Waals surface area (Å²) < 4.78 is 69.5. The molecule has 0 fully saturated rings. The van der Waals surface area contributed by atoms with Crippen molar-refractivity contribution in [1.82, 2.24) is 0 Å². The number of rotatable bonds is 17. The van der Waals surface area contributed by atoms with Crippen molar-refractivity contribution in [2.75, 3.05) is 71.9 Å². The van der Waals surface area contributed by atoms with Crippen LogP contribution in [-0.2, 0) is 39.4 Å². The lowest BCUT2D eigenvalue weighted by Crippen LogP contribution is -2.16. The number of nitrogens with one attached hydrogen (secondary N) is 1. The van der Waals surface area contributed by atoms with E-state index in [0.717, 1.165) is 12.1 Å². The highest BCUT2D eigenvalue weighted by molar-refractivity contribution is 5.96. The number of alkyl halides is 3. The SMILES string of the molecule is COC(=O)COCCOCCOCCOCCOC(=O)c1ccccc1Nc1cccc(C(F)(F)F)c1. The van der Waals surface area contributed by atoms with Gasteiger partial charge in [-0.3, -0.25) is 0 Å². The van der Waals surface area contributed by atoms with E-state index in [0.29, 0.717) is 32.1 Å². The monoisotopic (exact) mass is 529 g/mol. The molecule has 0 aliphatic carbocycles. The second-order valence-electron chi connectivity index (χ2n) is 7.35. The van der Waals surface area contributed by atoms with Crippen LogP contribution in [-0.4, -0.2) is 78.5 Å². The third kappa shape index (κ3) is 12.1. The lowest BCUT2D eigenvalue weighted by molar-refractivity contribution is -0.146. The van der Waals surface area contributed by atoms with Crippen LogP contribution in [0.1, 0.15) is 15.9 Å².